The Morgan fingerprint density at radius 3 is 2.15 bits per heavy atom. The second-order valence-electron chi connectivity index (χ2n) is 8.84. The van der Waals surface area contributed by atoms with Gasteiger partial charge in [0.1, 0.15) is 17.4 Å². The van der Waals surface area contributed by atoms with E-state index in [4.69, 9.17) is 18.8 Å². The van der Waals surface area contributed by atoms with Gasteiger partial charge in [0.15, 0.2) is 0 Å². The number of aromatic nitrogens is 1. The van der Waals surface area contributed by atoms with Crippen LogP contribution in [0.1, 0.15) is 61.4 Å². The average Bonchev–Trinajstić information content (AvgIpc) is 2.72. The van der Waals surface area contributed by atoms with Crippen LogP contribution in [0.2, 0.25) is 0 Å². The summed E-state index contributed by atoms with van der Waals surface area (Å²) in [7, 11) is 0.765. The minimum absolute atomic E-state index is 0.362. The van der Waals surface area contributed by atoms with E-state index in [2.05, 4.69) is 0 Å². The molecule has 0 aliphatic carbocycles. The van der Waals surface area contributed by atoms with Gasteiger partial charge < -0.3 is 18.8 Å². The molecule has 1 aliphatic rings. The van der Waals surface area contributed by atoms with Crippen LogP contribution in [0.3, 0.4) is 0 Å². The van der Waals surface area contributed by atoms with Gasteiger partial charge in [-0.05, 0) is 55.4 Å². The predicted octanol–water partition coefficient (Wildman–Crippen LogP) is 2.06. The van der Waals surface area contributed by atoms with E-state index in [-0.39, 0.29) is 5.56 Å². The summed E-state index contributed by atoms with van der Waals surface area (Å²) in [5, 5.41) is 0. The Morgan fingerprint density at radius 1 is 1.19 bits per heavy atom. The quantitative estimate of drug-likeness (QED) is 0.589. The van der Waals surface area contributed by atoms with Crippen molar-refractivity contribution in [1.82, 2.24) is 4.57 Å². The number of nitrogens with zero attached hydrogens (tertiary/aromatic N) is 1. The summed E-state index contributed by atoms with van der Waals surface area (Å²) in [4.78, 5) is 25.0. The normalized spacial score (nSPS) is 19.7. The van der Waals surface area contributed by atoms with E-state index < -0.39 is 35.9 Å². The molecule has 2 heterocycles. The molecule has 1 aromatic rings. The van der Waals surface area contributed by atoms with Crippen molar-refractivity contribution in [3.63, 3.8) is 0 Å². The lowest BCUT2D eigenvalue weighted by Gasteiger charge is -2.32. The van der Waals surface area contributed by atoms with E-state index in [0.717, 1.165) is 0 Å². The molecule has 1 atom stereocenters. The molecule has 1 aliphatic heterocycles. The maximum Gasteiger partial charge on any atom is 0.498 e. The maximum absolute atomic E-state index is 12.7. The third-order valence-corrected chi connectivity index (χ3v) is 4.97. The van der Waals surface area contributed by atoms with Gasteiger partial charge in [0, 0.05) is 17.7 Å². The molecule has 0 N–H and O–H groups in total. The van der Waals surface area contributed by atoms with Crippen LogP contribution in [0.4, 0.5) is 0 Å². The zero-order valence-corrected chi connectivity index (χ0v) is 17.7. The predicted molar refractivity (Wildman–Crippen MR) is 104 cm³/mol. The van der Waals surface area contributed by atoms with Crippen LogP contribution in [0.5, 0.6) is 5.75 Å². The van der Waals surface area contributed by atoms with Crippen LogP contribution in [0, 0.1) is 0 Å². The number of hydrogen-bond acceptors (Lipinski definition) is 6. The van der Waals surface area contributed by atoms with E-state index >= 15 is 0 Å². The third-order valence-electron chi connectivity index (χ3n) is 4.97. The van der Waals surface area contributed by atoms with E-state index in [0.29, 0.717) is 11.2 Å². The molecule has 0 bridgehead atoms. The average molecular weight is 379 g/mol. The number of methoxy groups -OCH3 is 1. The van der Waals surface area contributed by atoms with E-state index in [1.807, 2.05) is 27.7 Å². The Bertz CT molecular complexity index is 761. The van der Waals surface area contributed by atoms with Crippen molar-refractivity contribution in [2.45, 2.75) is 78.2 Å². The first-order chi connectivity index (χ1) is 12.2. The summed E-state index contributed by atoms with van der Waals surface area (Å²) < 4.78 is 24.2. The van der Waals surface area contributed by atoms with Gasteiger partial charge in [-0.15, -0.1) is 0 Å². The fourth-order valence-electron chi connectivity index (χ4n) is 2.67. The minimum atomic E-state index is -0.794. The first kappa shape index (κ1) is 21.5. The van der Waals surface area contributed by atoms with Gasteiger partial charge in [-0.3, -0.25) is 9.36 Å². The Balaban J connectivity index is 2.39. The highest BCUT2D eigenvalue weighted by Gasteiger charge is 2.52. The summed E-state index contributed by atoms with van der Waals surface area (Å²) in [6, 6.07) is 0.597. The highest BCUT2D eigenvalue weighted by molar-refractivity contribution is 6.63. The van der Waals surface area contributed by atoms with Crippen LogP contribution < -0.4 is 15.8 Å². The maximum atomic E-state index is 12.7. The highest BCUT2D eigenvalue weighted by Crippen LogP contribution is 2.37. The number of pyridine rings is 1. The second-order valence-corrected chi connectivity index (χ2v) is 8.84. The molecule has 2 rings (SSSR count). The lowest BCUT2D eigenvalue weighted by atomic mass is 9.79. The van der Waals surface area contributed by atoms with Gasteiger partial charge in [0.2, 0.25) is 0 Å². The fraction of sp³-hybridized carbons (Fsp3) is 0.684. The van der Waals surface area contributed by atoms with Gasteiger partial charge in [-0.2, -0.15) is 0 Å². The summed E-state index contributed by atoms with van der Waals surface area (Å²) >= 11 is 0. The number of carbonyl (C=O) groups excluding carboxylic acids is 1. The molecule has 8 heteroatoms. The molecule has 0 radical (unpaired) electrons. The number of hydrogen-bond donors (Lipinski definition) is 0. The highest BCUT2D eigenvalue weighted by atomic mass is 16.7. The van der Waals surface area contributed by atoms with E-state index in [1.165, 1.54) is 23.9 Å². The number of esters is 1. The van der Waals surface area contributed by atoms with Gasteiger partial charge in [-0.1, -0.05) is 0 Å². The molecular formula is C19H30BNO6. The zero-order chi connectivity index (χ0) is 20.8. The number of rotatable bonds is 4. The molecule has 1 fully saturated rings. The molecule has 150 valence electrons. The van der Waals surface area contributed by atoms with Gasteiger partial charge in [0.05, 0.1) is 18.3 Å². The van der Waals surface area contributed by atoms with Crippen molar-refractivity contribution in [1.29, 1.82) is 0 Å². The third kappa shape index (κ3) is 4.38. The molecule has 7 nitrogen and oxygen atoms in total. The summed E-state index contributed by atoms with van der Waals surface area (Å²) in [5.41, 5.74) is -1.59. The van der Waals surface area contributed by atoms with Crippen LogP contribution in [-0.2, 0) is 18.8 Å². The molecule has 0 spiro atoms. The van der Waals surface area contributed by atoms with Crippen molar-refractivity contribution >= 4 is 18.6 Å². The lowest BCUT2D eigenvalue weighted by molar-refractivity contribution is -0.158. The van der Waals surface area contributed by atoms with Crippen molar-refractivity contribution in [3.05, 3.63) is 22.6 Å². The Labute approximate surface area is 161 Å². The van der Waals surface area contributed by atoms with Crippen LogP contribution >= 0.6 is 0 Å². The first-order valence-corrected chi connectivity index (χ1v) is 9.07. The lowest BCUT2D eigenvalue weighted by Crippen LogP contribution is -2.41. The largest absolute Gasteiger partial charge is 0.498 e. The molecule has 27 heavy (non-hydrogen) atoms. The smallest absolute Gasteiger partial charge is 0.496 e. The zero-order valence-electron chi connectivity index (χ0n) is 17.7. The topological polar surface area (TPSA) is 76.0 Å². The SMILES string of the molecule is COc1cn(C(C)C(=O)OC(C)(C)C)c(=O)cc1B1OC(C)(C)C(C)(C)O1. The summed E-state index contributed by atoms with van der Waals surface area (Å²) in [6.45, 7) is 14.7. The van der Waals surface area contributed by atoms with Crippen LogP contribution in [-0.4, -0.2) is 41.6 Å². The van der Waals surface area contributed by atoms with Crippen molar-refractivity contribution in [2.75, 3.05) is 7.11 Å². The van der Waals surface area contributed by atoms with Crippen molar-refractivity contribution in [3.8, 4) is 5.75 Å². The second kappa shape index (κ2) is 6.98. The van der Waals surface area contributed by atoms with Crippen LogP contribution in [0.25, 0.3) is 0 Å². The minimum Gasteiger partial charge on any atom is -0.496 e. The first-order valence-electron chi connectivity index (χ1n) is 9.07. The molecular weight excluding hydrogens is 349 g/mol. The molecule has 1 unspecified atom stereocenters. The molecule has 0 amide bonds. The standard InChI is InChI=1S/C19H30BNO6/c1-12(16(23)25-17(2,3)4)21-11-14(24-9)13(10-15(21)22)20-26-18(5,6)19(7,8)27-20/h10-12H,1-9H3. The Morgan fingerprint density at radius 2 is 1.70 bits per heavy atom. The van der Waals surface area contributed by atoms with Gasteiger partial charge in [0.25, 0.3) is 5.56 Å². The number of carbonyl (C=O) groups is 1. The molecule has 0 saturated carbocycles. The van der Waals surface area contributed by atoms with E-state index in [9.17, 15) is 9.59 Å². The van der Waals surface area contributed by atoms with Gasteiger partial charge >= 0.3 is 13.1 Å². The summed E-state index contributed by atoms with van der Waals surface area (Å²) in [5.74, 6) is -0.0847. The molecule has 1 aromatic heterocycles. The Hall–Kier alpha value is -1.80. The van der Waals surface area contributed by atoms with Gasteiger partial charge in [-0.25, -0.2) is 4.79 Å². The molecule has 0 aromatic carbocycles. The molecule has 1 saturated heterocycles. The monoisotopic (exact) mass is 379 g/mol. The van der Waals surface area contributed by atoms with E-state index in [1.54, 1.807) is 27.7 Å². The van der Waals surface area contributed by atoms with Crippen molar-refractivity contribution in [2.24, 2.45) is 0 Å². The Kier molecular flexibility index (Phi) is 5.56. The van der Waals surface area contributed by atoms with Crippen molar-refractivity contribution < 1.29 is 23.6 Å². The fourth-order valence-corrected chi connectivity index (χ4v) is 2.67. The van der Waals surface area contributed by atoms with Crippen LogP contribution in [0.15, 0.2) is 17.1 Å². The number of ether oxygens (including phenoxy) is 2. The summed E-state index contributed by atoms with van der Waals surface area (Å²) in [6.07, 6.45) is 1.50.